The van der Waals surface area contributed by atoms with E-state index in [0.717, 1.165) is 37.3 Å². The van der Waals surface area contributed by atoms with Crippen LogP contribution in [0.4, 0.5) is 4.39 Å². The zero-order valence-corrected chi connectivity index (χ0v) is 19.4. The number of benzene rings is 2. The number of aromatic nitrogens is 2. The van der Waals surface area contributed by atoms with E-state index in [2.05, 4.69) is 53.8 Å². The van der Waals surface area contributed by atoms with Crippen molar-refractivity contribution in [1.82, 2.24) is 19.4 Å². The van der Waals surface area contributed by atoms with Crippen molar-refractivity contribution in [3.8, 4) is 5.69 Å². The molecule has 172 valence electrons. The number of nitrogens with zero attached hydrogens (tertiary/aromatic N) is 4. The molecule has 0 radical (unpaired) electrons. The molecule has 2 aliphatic heterocycles. The minimum absolute atomic E-state index is 0.0612. The molecular formula is C27H31FN4O. The van der Waals surface area contributed by atoms with Crippen molar-refractivity contribution in [1.29, 1.82) is 0 Å². The van der Waals surface area contributed by atoms with Gasteiger partial charge in [-0.05, 0) is 48.1 Å². The smallest absolute Gasteiger partial charge is 0.226 e. The standard InChI is InChI=1S/C27H31FN4O/c1-20(2)18-31-19-22-7-3-4-9-24(22)32-15-12-29-26(32)27(31)10-13-30(14-11-27)25(33)17-21-6-5-8-23(28)16-21/h3-9,12,15-16,20H,10-11,13-14,17-19H2,1-2H3. The first-order valence-electron chi connectivity index (χ1n) is 11.9. The van der Waals surface area contributed by atoms with Gasteiger partial charge in [0.15, 0.2) is 0 Å². The third-order valence-corrected chi connectivity index (χ3v) is 7.05. The number of fused-ring (bicyclic) bond motifs is 4. The Morgan fingerprint density at radius 1 is 1.12 bits per heavy atom. The molecule has 0 N–H and O–H groups in total. The highest BCUT2D eigenvalue weighted by Gasteiger charge is 2.47. The molecule has 0 bridgehead atoms. The fourth-order valence-electron chi connectivity index (χ4n) is 5.50. The summed E-state index contributed by atoms with van der Waals surface area (Å²) in [7, 11) is 0. The van der Waals surface area contributed by atoms with Gasteiger partial charge in [0.25, 0.3) is 0 Å². The van der Waals surface area contributed by atoms with Crippen molar-refractivity contribution in [2.45, 2.75) is 45.2 Å². The normalized spacial score (nSPS) is 17.6. The summed E-state index contributed by atoms with van der Waals surface area (Å²) in [6, 6.07) is 14.9. The van der Waals surface area contributed by atoms with Crippen LogP contribution < -0.4 is 0 Å². The Morgan fingerprint density at radius 2 is 1.91 bits per heavy atom. The van der Waals surface area contributed by atoms with Crippen LogP contribution in [0.1, 0.15) is 43.6 Å². The molecule has 1 fully saturated rings. The van der Waals surface area contributed by atoms with Crippen molar-refractivity contribution in [2.24, 2.45) is 5.92 Å². The van der Waals surface area contributed by atoms with E-state index >= 15 is 0 Å². The van der Waals surface area contributed by atoms with Crippen LogP contribution in [0.15, 0.2) is 60.9 Å². The van der Waals surface area contributed by atoms with E-state index in [9.17, 15) is 9.18 Å². The lowest BCUT2D eigenvalue weighted by atomic mass is 9.83. The van der Waals surface area contributed by atoms with Gasteiger partial charge in [-0.1, -0.05) is 44.2 Å². The Hall–Kier alpha value is -2.99. The van der Waals surface area contributed by atoms with Gasteiger partial charge >= 0.3 is 0 Å². The molecule has 5 rings (SSSR count). The summed E-state index contributed by atoms with van der Waals surface area (Å²) in [5.74, 6) is 1.35. The van der Waals surface area contributed by atoms with Crippen molar-refractivity contribution in [3.63, 3.8) is 0 Å². The van der Waals surface area contributed by atoms with E-state index in [1.807, 2.05) is 17.2 Å². The van der Waals surface area contributed by atoms with E-state index in [1.54, 1.807) is 6.07 Å². The summed E-state index contributed by atoms with van der Waals surface area (Å²) >= 11 is 0. The maximum atomic E-state index is 13.6. The second-order valence-electron chi connectivity index (χ2n) is 9.74. The van der Waals surface area contributed by atoms with Gasteiger partial charge in [-0.15, -0.1) is 0 Å². The number of para-hydroxylation sites is 1. The lowest BCUT2D eigenvalue weighted by Crippen LogP contribution is -2.55. The number of piperidine rings is 1. The minimum atomic E-state index is -0.299. The molecule has 0 aliphatic carbocycles. The Bertz CT molecular complexity index is 1150. The van der Waals surface area contributed by atoms with Crippen LogP contribution in [0.2, 0.25) is 0 Å². The van der Waals surface area contributed by atoms with Crippen LogP contribution >= 0.6 is 0 Å². The molecule has 1 amide bonds. The van der Waals surface area contributed by atoms with E-state index < -0.39 is 0 Å². The molecule has 0 saturated carbocycles. The van der Waals surface area contributed by atoms with Gasteiger partial charge in [-0.2, -0.15) is 0 Å². The summed E-state index contributed by atoms with van der Waals surface area (Å²) in [5, 5.41) is 0. The van der Waals surface area contributed by atoms with E-state index in [0.29, 0.717) is 19.0 Å². The Balaban J connectivity index is 1.43. The molecule has 33 heavy (non-hydrogen) atoms. The number of halogens is 1. The van der Waals surface area contributed by atoms with Gasteiger partial charge in [0.2, 0.25) is 5.91 Å². The van der Waals surface area contributed by atoms with Crippen LogP contribution in [-0.4, -0.2) is 44.9 Å². The highest BCUT2D eigenvalue weighted by Crippen LogP contribution is 2.43. The number of likely N-dealkylation sites (tertiary alicyclic amines) is 1. The fourth-order valence-corrected chi connectivity index (χ4v) is 5.50. The zero-order chi connectivity index (χ0) is 23.0. The van der Waals surface area contributed by atoms with Crippen LogP contribution in [0.25, 0.3) is 5.69 Å². The molecular weight excluding hydrogens is 415 g/mol. The third-order valence-electron chi connectivity index (χ3n) is 7.05. The summed E-state index contributed by atoms with van der Waals surface area (Å²) in [5.41, 5.74) is 3.00. The minimum Gasteiger partial charge on any atom is -0.342 e. The largest absolute Gasteiger partial charge is 0.342 e. The quantitative estimate of drug-likeness (QED) is 0.591. The van der Waals surface area contributed by atoms with Crippen molar-refractivity contribution in [2.75, 3.05) is 19.6 Å². The second-order valence-corrected chi connectivity index (χ2v) is 9.74. The summed E-state index contributed by atoms with van der Waals surface area (Å²) in [4.78, 5) is 22.4. The summed E-state index contributed by atoms with van der Waals surface area (Å²) < 4.78 is 15.8. The average Bonchev–Trinajstić information content (AvgIpc) is 3.26. The maximum Gasteiger partial charge on any atom is 0.226 e. The zero-order valence-electron chi connectivity index (χ0n) is 19.4. The maximum absolute atomic E-state index is 13.6. The lowest BCUT2D eigenvalue weighted by Gasteiger charge is -2.48. The van der Waals surface area contributed by atoms with Crippen LogP contribution in [-0.2, 0) is 23.3 Å². The molecule has 1 saturated heterocycles. The third kappa shape index (κ3) is 4.08. The van der Waals surface area contributed by atoms with E-state index in [-0.39, 0.29) is 23.7 Å². The average molecular weight is 447 g/mol. The molecule has 6 heteroatoms. The predicted octanol–water partition coefficient (Wildman–Crippen LogP) is 4.54. The number of imidazole rings is 1. The molecule has 3 aromatic rings. The second kappa shape index (κ2) is 8.75. The van der Waals surface area contributed by atoms with Crippen LogP contribution in [0.5, 0.6) is 0 Å². The number of amides is 1. The van der Waals surface area contributed by atoms with E-state index in [1.165, 1.54) is 23.4 Å². The molecule has 5 nitrogen and oxygen atoms in total. The molecule has 0 unspecified atom stereocenters. The van der Waals surface area contributed by atoms with Gasteiger partial charge in [-0.25, -0.2) is 9.37 Å². The topological polar surface area (TPSA) is 41.4 Å². The Kier molecular flexibility index (Phi) is 5.79. The van der Waals surface area contributed by atoms with Crippen molar-refractivity contribution >= 4 is 5.91 Å². The van der Waals surface area contributed by atoms with Gasteiger partial charge < -0.3 is 9.47 Å². The Labute approximate surface area is 194 Å². The number of carbonyl (C=O) groups is 1. The monoisotopic (exact) mass is 446 g/mol. The number of carbonyl (C=O) groups excluding carboxylic acids is 1. The van der Waals surface area contributed by atoms with Gasteiger partial charge in [0, 0.05) is 38.6 Å². The molecule has 1 spiro atoms. The predicted molar refractivity (Wildman–Crippen MR) is 126 cm³/mol. The first-order chi connectivity index (χ1) is 16.0. The summed E-state index contributed by atoms with van der Waals surface area (Å²) in [6.07, 6.45) is 5.87. The van der Waals surface area contributed by atoms with Crippen molar-refractivity contribution < 1.29 is 9.18 Å². The van der Waals surface area contributed by atoms with E-state index in [4.69, 9.17) is 4.98 Å². The number of hydrogen-bond acceptors (Lipinski definition) is 3. The molecule has 3 heterocycles. The highest BCUT2D eigenvalue weighted by atomic mass is 19.1. The lowest BCUT2D eigenvalue weighted by molar-refractivity contribution is -0.134. The van der Waals surface area contributed by atoms with Gasteiger partial charge in [0.05, 0.1) is 17.6 Å². The molecule has 1 aromatic heterocycles. The van der Waals surface area contributed by atoms with Gasteiger partial charge in [0.1, 0.15) is 11.6 Å². The number of hydrogen-bond donors (Lipinski definition) is 0. The molecule has 2 aromatic carbocycles. The van der Waals surface area contributed by atoms with Crippen LogP contribution in [0, 0.1) is 11.7 Å². The Morgan fingerprint density at radius 3 is 2.67 bits per heavy atom. The van der Waals surface area contributed by atoms with Crippen molar-refractivity contribution in [3.05, 3.63) is 83.7 Å². The van der Waals surface area contributed by atoms with Crippen LogP contribution in [0.3, 0.4) is 0 Å². The summed E-state index contributed by atoms with van der Waals surface area (Å²) in [6.45, 7) is 7.70. The fraction of sp³-hybridized carbons (Fsp3) is 0.407. The van der Waals surface area contributed by atoms with Gasteiger partial charge in [-0.3, -0.25) is 9.69 Å². The first-order valence-corrected chi connectivity index (χ1v) is 11.9. The SMILES string of the molecule is CC(C)CN1Cc2ccccc2-n2ccnc2C12CCN(C(=O)Cc1cccc(F)c1)CC2. The highest BCUT2D eigenvalue weighted by molar-refractivity contribution is 5.79. The molecule has 0 atom stereocenters. The first kappa shape index (κ1) is 21.8. The number of rotatable bonds is 4. The molecule has 2 aliphatic rings.